The van der Waals surface area contributed by atoms with Gasteiger partial charge in [0, 0.05) is 7.11 Å². The molecule has 1 N–H and O–H groups in total. The zero-order chi connectivity index (χ0) is 23.4. The van der Waals surface area contributed by atoms with E-state index in [0.717, 1.165) is 26.8 Å². The molecule has 0 aliphatic carbocycles. The lowest BCUT2D eigenvalue weighted by molar-refractivity contribution is -0.121. The Balaban J connectivity index is 1.94. The van der Waals surface area contributed by atoms with E-state index in [-0.39, 0.29) is 34.2 Å². The molecule has 0 unspecified atom stereocenters. The molecule has 1 fully saturated rings. The summed E-state index contributed by atoms with van der Waals surface area (Å²) in [6.07, 6.45) is 1.69. The van der Waals surface area contributed by atoms with E-state index in [1.165, 1.54) is 14.0 Å². The molecule has 8 nitrogen and oxygen atoms in total. The van der Waals surface area contributed by atoms with Crippen LogP contribution in [0.25, 0.3) is 6.08 Å². The van der Waals surface area contributed by atoms with Gasteiger partial charge in [-0.05, 0) is 24.1 Å². The van der Waals surface area contributed by atoms with Crippen molar-refractivity contribution in [3.63, 3.8) is 0 Å². The number of pyridine rings is 1. The number of nitriles is 1. The number of Topliss-reactive ketones (excluding diaryl/α,β-unsaturated/α-hetero) is 1. The summed E-state index contributed by atoms with van der Waals surface area (Å²) < 4.78 is 6.06. The summed E-state index contributed by atoms with van der Waals surface area (Å²) >= 11 is 6.36. The molecule has 0 atom stereocenters. The zero-order valence-corrected chi connectivity index (χ0v) is 19.0. The number of ether oxygens (including phenoxy) is 1. The van der Waals surface area contributed by atoms with Gasteiger partial charge >= 0.3 is 0 Å². The van der Waals surface area contributed by atoms with Crippen LogP contribution in [0.15, 0.2) is 40.0 Å². The average molecular weight is 470 g/mol. The van der Waals surface area contributed by atoms with Crippen LogP contribution in [0.1, 0.15) is 27.0 Å². The third kappa shape index (κ3) is 4.50. The van der Waals surface area contributed by atoms with E-state index in [9.17, 15) is 24.8 Å². The smallest absolute Gasteiger partial charge is 0.271 e. The number of ketones is 1. The minimum absolute atomic E-state index is 0.0444. The van der Waals surface area contributed by atoms with E-state index in [0.29, 0.717) is 4.91 Å². The highest BCUT2D eigenvalue weighted by Crippen LogP contribution is 2.33. The highest BCUT2D eigenvalue weighted by Gasteiger charge is 2.35. The molecule has 2 heterocycles. The monoisotopic (exact) mass is 469 g/mol. The lowest BCUT2D eigenvalue weighted by atomic mass is 10.0. The summed E-state index contributed by atoms with van der Waals surface area (Å²) in [4.78, 5) is 40.0. The molecule has 2 aromatic rings. The minimum atomic E-state index is -0.715. The van der Waals surface area contributed by atoms with Crippen molar-refractivity contribution >= 4 is 46.1 Å². The molecule has 32 heavy (non-hydrogen) atoms. The maximum absolute atomic E-state index is 13.1. The number of hydrogen-bond acceptors (Lipinski definition) is 8. The number of carbonyl (C=O) groups excluding carboxylic acids is 2. The lowest BCUT2D eigenvalue weighted by Crippen LogP contribution is -2.35. The van der Waals surface area contributed by atoms with Gasteiger partial charge < -0.3 is 9.84 Å². The van der Waals surface area contributed by atoms with E-state index < -0.39 is 29.7 Å². The van der Waals surface area contributed by atoms with Gasteiger partial charge in [0.1, 0.15) is 16.0 Å². The van der Waals surface area contributed by atoms with Crippen molar-refractivity contribution in [1.29, 1.82) is 5.26 Å². The molecule has 10 heteroatoms. The summed E-state index contributed by atoms with van der Waals surface area (Å²) in [5.74, 6) is -1.64. The second-order valence-corrected chi connectivity index (χ2v) is 8.54. The summed E-state index contributed by atoms with van der Waals surface area (Å²) in [5, 5.41) is 20.1. The number of amides is 1. The number of methoxy groups -OCH3 is 1. The molecule has 1 aromatic carbocycles. The summed E-state index contributed by atoms with van der Waals surface area (Å²) in [6.45, 7) is 1.02. The third-order valence-electron chi connectivity index (χ3n) is 4.87. The van der Waals surface area contributed by atoms with Crippen LogP contribution < -0.4 is 5.56 Å². The Bertz CT molecular complexity index is 1230. The van der Waals surface area contributed by atoms with Crippen LogP contribution in [0.5, 0.6) is 5.88 Å². The molecule has 1 aliphatic rings. The van der Waals surface area contributed by atoms with Crippen LogP contribution in [0.2, 0.25) is 0 Å². The Morgan fingerprint density at radius 2 is 2.00 bits per heavy atom. The van der Waals surface area contributed by atoms with Crippen molar-refractivity contribution in [2.75, 3.05) is 20.3 Å². The summed E-state index contributed by atoms with van der Waals surface area (Å²) in [7, 11) is 1.42. The maximum atomic E-state index is 13.1. The molecule has 1 saturated heterocycles. The second-order valence-electron chi connectivity index (χ2n) is 6.86. The fraction of sp³-hybridized carbons (Fsp3) is 0.227. The molecule has 0 radical (unpaired) electrons. The maximum Gasteiger partial charge on any atom is 0.271 e. The van der Waals surface area contributed by atoms with Gasteiger partial charge in [0.25, 0.3) is 11.5 Å². The Kier molecular flexibility index (Phi) is 7.25. The van der Waals surface area contributed by atoms with Gasteiger partial charge in [0.15, 0.2) is 5.78 Å². The molecular weight excluding hydrogens is 450 g/mol. The fourth-order valence-corrected chi connectivity index (χ4v) is 4.49. The first kappa shape index (κ1) is 23.4. The molecule has 0 saturated carbocycles. The predicted molar refractivity (Wildman–Crippen MR) is 124 cm³/mol. The number of benzene rings is 1. The van der Waals surface area contributed by atoms with Crippen molar-refractivity contribution in [3.05, 3.63) is 67.8 Å². The predicted octanol–water partition coefficient (Wildman–Crippen LogP) is 2.46. The first-order chi connectivity index (χ1) is 15.3. The van der Waals surface area contributed by atoms with Crippen molar-refractivity contribution in [2.45, 2.75) is 13.5 Å². The van der Waals surface area contributed by atoms with E-state index in [1.54, 1.807) is 12.1 Å². The van der Waals surface area contributed by atoms with Gasteiger partial charge in [0.2, 0.25) is 5.88 Å². The van der Waals surface area contributed by atoms with Crippen LogP contribution in [0, 0.1) is 18.3 Å². The van der Waals surface area contributed by atoms with Crippen LogP contribution in [0.4, 0.5) is 0 Å². The Morgan fingerprint density at radius 3 is 2.62 bits per heavy atom. The van der Waals surface area contributed by atoms with E-state index in [1.807, 2.05) is 30.3 Å². The topological polar surface area (TPSA) is 113 Å². The SMILES string of the molecule is COCCn1c(O)c(C(=O)CN2C(=O)/C(=C/c3ccccc3)SC2=S)c(C)c(C#N)c1=O. The van der Waals surface area contributed by atoms with Crippen LogP contribution in [0.3, 0.4) is 0 Å². The molecule has 164 valence electrons. The normalized spacial score (nSPS) is 14.8. The molecule has 0 spiro atoms. The second kappa shape index (κ2) is 9.91. The highest BCUT2D eigenvalue weighted by molar-refractivity contribution is 8.26. The first-order valence-corrected chi connectivity index (χ1v) is 10.7. The molecule has 3 rings (SSSR count). The van der Waals surface area contributed by atoms with E-state index >= 15 is 0 Å². The molecular formula is C22H19N3O5S2. The number of thioether (sulfide) groups is 1. The lowest BCUT2D eigenvalue weighted by Gasteiger charge is -2.18. The minimum Gasteiger partial charge on any atom is -0.494 e. The van der Waals surface area contributed by atoms with Gasteiger partial charge in [-0.25, -0.2) is 0 Å². The average Bonchev–Trinajstić information content (AvgIpc) is 3.02. The Labute approximate surface area is 193 Å². The van der Waals surface area contributed by atoms with Crippen molar-refractivity contribution in [1.82, 2.24) is 9.47 Å². The standard InChI is InChI=1S/C22H19N3O5S2/c1-13-15(11-23)19(27)24(8-9-30-2)21(29)18(13)16(26)12-25-20(28)17(32-22(25)31)10-14-6-4-3-5-7-14/h3-7,10,29H,8-9,12H2,1-2H3/b17-10-. The van der Waals surface area contributed by atoms with Gasteiger partial charge in [-0.2, -0.15) is 5.26 Å². The van der Waals surface area contributed by atoms with E-state index in [2.05, 4.69) is 0 Å². The molecule has 1 amide bonds. The van der Waals surface area contributed by atoms with Crippen molar-refractivity contribution in [3.8, 4) is 11.9 Å². The Morgan fingerprint density at radius 1 is 1.31 bits per heavy atom. The van der Waals surface area contributed by atoms with Crippen molar-refractivity contribution < 1.29 is 19.4 Å². The molecule has 0 bridgehead atoms. The van der Waals surface area contributed by atoms with Gasteiger partial charge in [-0.15, -0.1) is 0 Å². The number of rotatable bonds is 7. The number of nitrogens with zero attached hydrogens (tertiary/aromatic N) is 3. The highest BCUT2D eigenvalue weighted by atomic mass is 32.2. The number of aromatic nitrogens is 1. The molecule has 1 aliphatic heterocycles. The number of thiocarbonyl (C=S) groups is 1. The van der Waals surface area contributed by atoms with E-state index in [4.69, 9.17) is 17.0 Å². The number of aromatic hydroxyl groups is 1. The van der Waals surface area contributed by atoms with Crippen LogP contribution >= 0.6 is 24.0 Å². The van der Waals surface area contributed by atoms with Crippen molar-refractivity contribution in [2.24, 2.45) is 0 Å². The van der Waals surface area contributed by atoms with Gasteiger partial charge in [0.05, 0.1) is 30.2 Å². The first-order valence-electron chi connectivity index (χ1n) is 9.49. The van der Waals surface area contributed by atoms with Crippen LogP contribution in [-0.2, 0) is 16.1 Å². The van der Waals surface area contributed by atoms with Gasteiger partial charge in [-0.3, -0.25) is 23.9 Å². The van der Waals surface area contributed by atoms with Crippen LogP contribution in [-0.4, -0.2) is 50.8 Å². The Hall–Kier alpha value is -3.26. The largest absolute Gasteiger partial charge is 0.494 e. The molecule has 1 aromatic heterocycles. The van der Waals surface area contributed by atoms with Gasteiger partial charge in [-0.1, -0.05) is 54.3 Å². The third-order valence-corrected chi connectivity index (χ3v) is 6.25. The fourth-order valence-electron chi connectivity index (χ4n) is 3.23. The summed E-state index contributed by atoms with van der Waals surface area (Å²) in [5.41, 5.74) is -0.293. The summed E-state index contributed by atoms with van der Waals surface area (Å²) in [6, 6.07) is 11.0. The number of carbonyl (C=O) groups is 2. The quantitative estimate of drug-likeness (QED) is 0.374. The zero-order valence-electron chi connectivity index (χ0n) is 17.3. The number of hydrogen-bond donors (Lipinski definition) is 1.